The van der Waals surface area contributed by atoms with E-state index in [1.807, 2.05) is 42.5 Å². The van der Waals surface area contributed by atoms with Crippen LogP contribution in [0.15, 0.2) is 91.3 Å². The lowest BCUT2D eigenvalue weighted by molar-refractivity contribution is -0.137. The van der Waals surface area contributed by atoms with Crippen molar-refractivity contribution in [2.75, 3.05) is 51.8 Å². The van der Waals surface area contributed by atoms with Gasteiger partial charge in [-0.3, -0.25) is 14.6 Å². The van der Waals surface area contributed by atoms with Crippen molar-refractivity contribution in [2.24, 2.45) is 0 Å². The molecule has 7 nitrogen and oxygen atoms in total. The first kappa shape index (κ1) is 31.6. The first-order valence-electron chi connectivity index (χ1n) is 14.7. The molecule has 10 heteroatoms. The van der Waals surface area contributed by atoms with Crippen LogP contribution in [-0.2, 0) is 17.4 Å². The van der Waals surface area contributed by atoms with Crippen LogP contribution < -0.4 is 9.64 Å². The van der Waals surface area contributed by atoms with Gasteiger partial charge >= 0.3 is 6.18 Å². The number of amides is 2. The second-order valence-corrected chi connectivity index (χ2v) is 11.1. The Morgan fingerprint density at radius 2 is 1.73 bits per heavy atom. The van der Waals surface area contributed by atoms with E-state index in [1.165, 1.54) is 6.07 Å². The summed E-state index contributed by atoms with van der Waals surface area (Å²) in [5, 5.41) is 0. The normalized spacial score (nSPS) is 14.3. The molecule has 4 aromatic rings. The van der Waals surface area contributed by atoms with E-state index in [9.17, 15) is 22.8 Å². The van der Waals surface area contributed by atoms with Crippen molar-refractivity contribution in [3.63, 3.8) is 0 Å². The summed E-state index contributed by atoms with van der Waals surface area (Å²) in [5.41, 5.74) is 4.05. The van der Waals surface area contributed by atoms with E-state index in [0.29, 0.717) is 30.0 Å². The summed E-state index contributed by atoms with van der Waals surface area (Å²) in [5.74, 6) is 0.357. The number of carbonyl (C=O) groups is 2. The van der Waals surface area contributed by atoms with Crippen LogP contribution in [0.2, 0.25) is 0 Å². The van der Waals surface area contributed by atoms with Crippen LogP contribution in [0.5, 0.6) is 5.75 Å². The molecule has 0 spiro atoms. The lowest BCUT2D eigenvalue weighted by Crippen LogP contribution is -2.42. The molecule has 5 rings (SSSR count). The zero-order valence-corrected chi connectivity index (χ0v) is 25.3. The smallest absolute Gasteiger partial charge is 0.416 e. The Morgan fingerprint density at radius 1 is 0.933 bits per heavy atom. The topological polar surface area (TPSA) is 66.0 Å². The number of benzene rings is 3. The first-order chi connectivity index (χ1) is 21.6. The van der Waals surface area contributed by atoms with E-state index in [0.717, 1.165) is 34.4 Å². The van der Waals surface area contributed by atoms with Crippen molar-refractivity contribution in [3.05, 3.63) is 114 Å². The molecule has 45 heavy (non-hydrogen) atoms. The average Bonchev–Trinajstić information content (AvgIpc) is 3.04. The Labute approximate surface area is 260 Å². The molecule has 1 aromatic heterocycles. The number of hydrogen-bond donors (Lipinski definition) is 0. The molecule has 0 atom stereocenters. The number of rotatable bonds is 5. The highest BCUT2D eigenvalue weighted by Gasteiger charge is 2.30. The van der Waals surface area contributed by atoms with Crippen LogP contribution in [0, 0.1) is 0 Å². The van der Waals surface area contributed by atoms with Gasteiger partial charge in [0.2, 0.25) is 5.91 Å². The van der Waals surface area contributed by atoms with E-state index in [1.54, 1.807) is 53.3 Å². The molecule has 0 N–H and O–H groups in total. The third-order valence-corrected chi connectivity index (χ3v) is 7.92. The molecule has 0 unspecified atom stereocenters. The summed E-state index contributed by atoms with van der Waals surface area (Å²) < 4.78 is 45.9. The van der Waals surface area contributed by atoms with Gasteiger partial charge in [0.25, 0.3) is 5.91 Å². The summed E-state index contributed by atoms with van der Waals surface area (Å²) in [6.07, 6.45) is -0.305. The molecule has 0 saturated carbocycles. The largest absolute Gasteiger partial charge is 0.491 e. The van der Waals surface area contributed by atoms with Crippen LogP contribution in [-0.4, -0.2) is 73.5 Å². The van der Waals surface area contributed by atoms with Crippen molar-refractivity contribution in [3.8, 4) is 16.9 Å². The van der Waals surface area contributed by atoms with E-state index < -0.39 is 11.7 Å². The summed E-state index contributed by atoms with van der Waals surface area (Å²) >= 11 is 0. The monoisotopic (exact) mass is 616 g/mol. The van der Waals surface area contributed by atoms with Gasteiger partial charge in [0.1, 0.15) is 12.4 Å². The Morgan fingerprint density at radius 3 is 2.51 bits per heavy atom. The fraction of sp³-hybridized carbons (Fsp3) is 0.286. The third kappa shape index (κ3) is 8.00. The maximum Gasteiger partial charge on any atom is 0.416 e. The SMILES string of the molecule is CN1CCN(C(=O)CCN(C)c2cccc(C(F)(F)F)c2)CCOc2ccc(-c3cccnc3)cc2Cc2cccc(c2)C1=O. The zero-order chi connectivity index (χ0) is 32.0. The molecule has 3 aromatic carbocycles. The van der Waals surface area contributed by atoms with E-state index in [2.05, 4.69) is 11.1 Å². The summed E-state index contributed by atoms with van der Waals surface area (Å²) in [6.45, 7) is 1.32. The van der Waals surface area contributed by atoms with Crippen molar-refractivity contribution in [1.29, 1.82) is 0 Å². The maximum absolute atomic E-state index is 13.4. The van der Waals surface area contributed by atoms with Crippen LogP contribution in [0.25, 0.3) is 11.1 Å². The van der Waals surface area contributed by atoms with Gasteiger partial charge in [0.05, 0.1) is 12.1 Å². The van der Waals surface area contributed by atoms with Gasteiger partial charge in [-0.15, -0.1) is 0 Å². The number of halogens is 3. The minimum atomic E-state index is -4.45. The van der Waals surface area contributed by atoms with E-state index >= 15 is 0 Å². The third-order valence-electron chi connectivity index (χ3n) is 7.92. The Kier molecular flexibility index (Phi) is 9.71. The maximum atomic E-state index is 13.4. The van der Waals surface area contributed by atoms with Crippen LogP contribution >= 0.6 is 0 Å². The quantitative estimate of drug-likeness (QED) is 0.268. The standard InChI is InChI=1S/C35H35F3N4O3/c1-40(31-10-4-9-30(23-31)35(36,37)38)15-13-33(43)42-17-16-41(2)34(44)27-7-3-6-25(20-27)21-29-22-26(28-8-5-14-39-24-28)11-12-32(29)45-19-18-42/h3-12,14,20,22-24H,13,15-19,21H2,1-2H3. The second kappa shape index (κ2) is 13.8. The summed E-state index contributed by atoms with van der Waals surface area (Å²) in [6, 6.07) is 22.4. The highest BCUT2D eigenvalue weighted by atomic mass is 19.4. The molecule has 0 radical (unpaired) electrons. The predicted molar refractivity (Wildman–Crippen MR) is 167 cm³/mol. The van der Waals surface area contributed by atoms with E-state index in [-0.39, 0.29) is 44.5 Å². The minimum absolute atomic E-state index is 0.0809. The highest BCUT2D eigenvalue weighted by molar-refractivity contribution is 5.94. The number of nitrogens with zero attached hydrogens (tertiary/aromatic N) is 4. The van der Waals surface area contributed by atoms with Crippen molar-refractivity contribution in [2.45, 2.75) is 19.0 Å². The minimum Gasteiger partial charge on any atom is -0.491 e. The Hall–Kier alpha value is -4.86. The fourth-order valence-electron chi connectivity index (χ4n) is 5.30. The Bertz CT molecular complexity index is 1640. The van der Waals surface area contributed by atoms with Crippen LogP contribution in [0.1, 0.15) is 33.5 Å². The average molecular weight is 617 g/mol. The van der Waals surface area contributed by atoms with Crippen LogP contribution in [0.3, 0.4) is 0 Å². The number of pyridine rings is 1. The van der Waals surface area contributed by atoms with Crippen molar-refractivity contribution >= 4 is 17.5 Å². The second-order valence-electron chi connectivity index (χ2n) is 11.1. The number of fused-ring (bicyclic) bond motifs is 3. The zero-order valence-electron chi connectivity index (χ0n) is 25.3. The first-order valence-corrected chi connectivity index (χ1v) is 14.7. The van der Waals surface area contributed by atoms with Gasteiger partial charge in [0.15, 0.2) is 0 Å². The lowest BCUT2D eigenvalue weighted by atomic mass is 9.98. The molecular formula is C35H35F3N4O3. The molecule has 0 fully saturated rings. The van der Waals surface area contributed by atoms with Gasteiger partial charge in [-0.2, -0.15) is 13.2 Å². The number of alkyl halides is 3. The number of aromatic nitrogens is 1. The number of anilines is 1. The summed E-state index contributed by atoms with van der Waals surface area (Å²) in [4.78, 5) is 35.9. The number of hydrogen-bond acceptors (Lipinski definition) is 5. The highest BCUT2D eigenvalue weighted by Crippen LogP contribution is 2.32. The van der Waals surface area contributed by atoms with Gasteiger partial charge in [0, 0.05) is 75.8 Å². The predicted octanol–water partition coefficient (Wildman–Crippen LogP) is 6.18. The van der Waals surface area contributed by atoms with Crippen molar-refractivity contribution in [1.82, 2.24) is 14.8 Å². The molecule has 1 aliphatic rings. The van der Waals surface area contributed by atoms with Gasteiger partial charge in [-0.05, 0) is 65.2 Å². The van der Waals surface area contributed by atoms with Crippen LogP contribution in [0.4, 0.5) is 18.9 Å². The van der Waals surface area contributed by atoms with Gasteiger partial charge in [-0.25, -0.2) is 0 Å². The molecular weight excluding hydrogens is 581 g/mol. The van der Waals surface area contributed by atoms with E-state index in [4.69, 9.17) is 4.74 Å². The van der Waals surface area contributed by atoms with Crippen molar-refractivity contribution < 1.29 is 27.5 Å². The number of ether oxygens (including phenoxy) is 1. The van der Waals surface area contributed by atoms with Gasteiger partial charge < -0.3 is 19.4 Å². The molecule has 0 saturated heterocycles. The molecule has 234 valence electrons. The molecule has 2 amide bonds. The van der Waals surface area contributed by atoms with Gasteiger partial charge in [-0.1, -0.05) is 30.3 Å². The molecule has 0 aliphatic carbocycles. The fourth-order valence-corrected chi connectivity index (χ4v) is 5.30. The summed E-state index contributed by atoms with van der Waals surface area (Å²) in [7, 11) is 3.36. The number of likely N-dealkylation sites (N-methyl/N-ethyl adjacent to an activating group) is 1. The number of carbonyl (C=O) groups excluding carboxylic acids is 2. The molecule has 2 heterocycles. The molecule has 1 aliphatic heterocycles. The Balaban J connectivity index is 1.35. The molecule has 2 bridgehead atoms. The lowest BCUT2D eigenvalue weighted by Gasteiger charge is -2.28.